The second kappa shape index (κ2) is 9.18. The second-order valence-electron chi connectivity index (χ2n) is 8.93. The lowest BCUT2D eigenvalue weighted by atomic mass is 9.96. The molecule has 32 heavy (non-hydrogen) atoms. The predicted molar refractivity (Wildman–Crippen MR) is 123 cm³/mol. The van der Waals surface area contributed by atoms with Gasteiger partial charge in [-0.05, 0) is 73.1 Å². The van der Waals surface area contributed by atoms with E-state index in [0.29, 0.717) is 12.0 Å². The molecule has 1 N–H and O–H groups in total. The van der Waals surface area contributed by atoms with Gasteiger partial charge in [-0.3, -0.25) is 0 Å². The lowest BCUT2D eigenvalue weighted by Gasteiger charge is -2.33. The van der Waals surface area contributed by atoms with Crippen molar-refractivity contribution in [2.45, 2.75) is 63.7 Å². The summed E-state index contributed by atoms with van der Waals surface area (Å²) in [6.07, 6.45) is 2.55. The van der Waals surface area contributed by atoms with Crippen LogP contribution in [0, 0.1) is 5.82 Å². The van der Waals surface area contributed by atoms with Crippen molar-refractivity contribution in [2.75, 3.05) is 6.61 Å². The van der Waals surface area contributed by atoms with Crippen LogP contribution in [0.3, 0.4) is 0 Å². The first-order valence-corrected chi connectivity index (χ1v) is 11.5. The average Bonchev–Trinajstić information content (AvgIpc) is 3.24. The molecule has 4 nitrogen and oxygen atoms in total. The Morgan fingerprint density at radius 2 is 1.88 bits per heavy atom. The molecule has 0 spiro atoms. The maximum atomic E-state index is 14.6. The number of rotatable bonds is 7. The van der Waals surface area contributed by atoms with Gasteiger partial charge in [-0.1, -0.05) is 48.5 Å². The van der Waals surface area contributed by atoms with Crippen molar-refractivity contribution in [3.8, 4) is 5.75 Å². The molecule has 1 saturated carbocycles. The fraction of sp³-hybridized carbons (Fsp3) is 0.407. The van der Waals surface area contributed by atoms with Gasteiger partial charge in [0.15, 0.2) is 24.1 Å². The monoisotopic (exact) mass is 435 g/mol. The Bertz CT molecular complexity index is 1080. The molecule has 2 fully saturated rings. The minimum atomic E-state index is -0.408. The highest BCUT2D eigenvalue weighted by Gasteiger charge is 2.29. The van der Waals surface area contributed by atoms with Gasteiger partial charge in [-0.2, -0.15) is 0 Å². The van der Waals surface area contributed by atoms with E-state index in [9.17, 15) is 4.39 Å². The molecule has 5 heteroatoms. The Labute approximate surface area is 188 Å². The minimum absolute atomic E-state index is 0.197. The molecule has 3 aromatic carbocycles. The normalized spacial score (nSPS) is 26.1. The Kier molecular flexibility index (Phi) is 6.13. The van der Waals surface area contributed by atoms with E-state index >= 15 is 0 Å². The van der Waals surface area contributed by atoms with Gasteiger partial charge in [-0.25, -0.2) is 4.39 Å². The summed E-state index contributed by atoms with van der Waals surface area (Å²) in [4.78, 5) is 0. The lowest BCUT2D eigenvalue weighted by molar-refractivity contribution is -0.380. The van der Waals surface area contributed by atoms with Gasteiger partial charge in [-0.15, -0.1) is 0 Å². The van der Waals surface area contributed by atoms with E-state index in [0.717, 1.165) is 24.8 Å². The van der Waals surface area contributed by atoms with Crippen LogP contribution in [-0.4, -0.2) is 25.2 Å². The highest BCUT2D eigenvalue weighted by molar-refractivity contribution is 5.86. The summed E-state index contributed by atoms with van der Waals surface area (Å²) in [5.41, 5.74) is 2.37. The van der Waals surface area contributed by atoms with Crippen molar-refractivity contribution in [1.29, 1.82) is 0 Å². The smallest absolute Gasteiger partial charge is 0.197 e. The van der Waals surface area contributed by atoms with Crippen molar-refractivity contribution >= 4 is 10.8 Å². The molecule has 0 radical (unpaired) electrons. The third-order valence-corrected chi connectivity index (χ3v) is 6.70. The highest BCUT2D eigenvalue weighted by Crippen LogP contribution is 2.37. The van der Waals surface area contributed by atoms with Gasteiger partial charge >= 0.3 is 0 Å². The summed E-state index contributed by atoms with van der Waals surface area (Å²) in [5, 5.41) is 6.39. The zero-order chi connectivity index (χ0) is 22.1. The Balaban J connectivity index is 1.19. The van der Waals surface area contributed by atoms with Crippen molar-refractivity contribution in [1.82, 2.24) is 5.32 Å². The number of hydrogen-bond acceptors (Lipinski definition) is 4. The van der Waals surface area contributed by atoms with Crippen LogP contribution < -0.4 is 10.1 Å². The molecule has 2 aliphatic rings. The molecule has 1 aliphatic heterocycles. The fourth-order valence-corrected chi connectivity index (χ4v) is 5.07. The lowest BCUT2D eigenvalue weighted by Crippen LogP contribution is -2.42. The summed E-state index contributed by atoms with van der Waals surface area (Å²) in [6.45, 7) is 4.25. The summed E-state index contributed by atoms with van der Waals surface area (Å²) < 4.78 is 30.8. The van der Waals surface area contributed by atoms with Crippen LogP contribution in [0.15, 0.2) is 60.7 Å². The summed E-state index contributed by atoms with van der Waals surface area (Å²) >= 11 is 0. The SMILES string of the molecule is CC1OC(COc2ccc([C@@H]3CC[C@H](N[C@H](C)c4cccc5ccccc45)C3)cc2F)O1. The number of nitrogens with one attached hydrogen (secondary N) is 1. The molecular weight excluding hydrogens is 405 g/mol. The van der Waals surface area contributed by atoms with Crippen molar-refractivity contribution in [3.63, 3.8) is 0 Å². The van der Waals surface area contributed by atoms with E-state index in [1.165, 1.54) is 16.3 Å². The molecule has 168 valence electrons. The number of hydrogen-bond donors (Lipinski definition) is 1. The highest BCUT2D eigenvalue weighted by atomic mass is 19.1. The zero-order valence-electron chi connectivity index (χ0n) is 18.6. The maximum Gasteiger partial charge on any atom is 0.197 e. The molecule has 3 aromatic rings. The van der Waals surface area contributed by atoms with Gasteiger partial charge in [0.2, 0.25) is 0 Å². The summed E-state index contributed by atoms with van der Waals surface area (Å²) in [5.74, 6) is 0.281. The third kappa shape index (κ3) is 4.51. The third-order valence-electron chi connectivity index (χ3n) is 6.70. The van der Waals surface area contributed by atoms with Crippen LogP contribution in [-0.2, 0) is 9.47 Å². The van der Waals surface area contributed by atoms with Crippen LogP contribution in [0.4, 0.5) is 4.39 Å². The number of fused-ring (bicyclic) bond motifs is 1. The summed E-state index contributed by atoms with van der Waals surface area (Å²) in [6, 6.07) is 21.0. The van der Waals surface area contributed by atoms with E-state index in [-0.39, 0.29) is 30.5 Å². The van der Waals surface area contributed by atoms with Crippen LogP contribution in [0.1, 0.15) is 56.2 Å². The van der Waals surface area contributed by atoms with Crippen LogP contribution in [0.2, 0.25) is 0 Å². The van der Waals surface area contributed by atoms with E-state index < -0.39 is 6.29 Å². The van der Waals surface area contributed by atoms with E-state index in [2.05, 4.69) is 54.7 Å². The number of halogens is 1. The van der Waals surface area contributed by atoms with Gasteiger partial charge < -0.3 is 19.5 Å². The molecule has 1 saturated heterocycles. The first-order valence-electron chi connectivity index (χ1n) is 11.5. The molecule has 3 atom stereocenters. The van der Waals surface area contributed by atoms with Crippen LogP contribution in [0.5, 0.6) is 5.75 Å². The van der Waals surface area contributed by atoms with Gasteiger partial charge in [0.05, 0.1) is 0 Å². The van der Waals surface area contributed by atoms with Gasteiger partial charge in [0.1, 0.15) is 6.61 Å². The second-order valence-corrected chi connectivity index (χ2v) is 8.93. The average molecular weight is 436 g/mol. The zero-order valence-corrected chi connectivity index (χ0v) is 18.6. The number of benzene rings is 3. The van der Waals surface area contributed by atoms with Crippen LogP contribution >= 0.6 is 0 Å². The first-order chi connectivity index (χ1) is 15.6. The Hall–Kier alpha value is -2.47. The van der Waals surface area contributed by atoms with E-state index in [1.54, 1.807) is 12.1 Å². The molecule has 5 rings (SSSR count). The molecule has 0 aromatic heterocycles. The number of ether oxygens (including phenoxy) is 3. The standard InChI is InChI=1S/C27H30FNO3/c1-17(23-9-5-7-19-6-3-4-8-24(19)23)29-22-12-10-20(14-22)21-11-13-26(25(28)15-21)30-16-27-31-18(2)32-27/h3-9,11,13,15,17-18,20,22,27,29H,10,12,14,16H2,1-2H3/t17-,18?,20-,22+,27?/m1/s1. The molecular formula is C27H30FNO3. The quantitative estimate of drug-likeness (QED) is 0.489. The van der Waals surface area contributed by atoms with Crippen molar-refractivity contribution < 1.29 is 18.6 Å². The van der Waals surface area contributed by atoms with Crippen molar-refractivity contribution in [2.24, 2.45) is 0 Å². The fourth-order valence-electron chi connectivity index (χ4n) is 5.07. The van der Waals surface area contributed by atoms with Crippen molar-refractivity contribution in [3.05, 3.63) is 77.6 Å². The Morgan fingerprint density at radius 3 is 2.69 bits per heavy atom. The van der Waals surface area contributed by atoms with Gasteiger partial charge in [0, 0.05) is 12.1 Å². The molecule has 0 unspecified atom stereocenters. The molecule has 1 heterocycles. The molecule has 0 amide bonds. The van der Waals surface area contributed by atoms with Gasteiger partial charge in [0.25, 0.3) is 0 Å². The minimum Gasteiger partial charge on any atom is -0.485 e. The van der Waals surface area contributed by atoms with E-state index in [1.807, 2.05) is 13.0 Å². The first kappa shape index (κ1) is 21.4. The largest absolute Gasteiger partial charge is 0.485 e. The molecule has 1 aliphatic carbocycles. The maximum absolute atomic E-state index is 14.6. The topological polar surface area (TPSA) is 39.7 Å². The van der Waals surface area contributed by atoms with E-state index in [4.69, 9.17) is 14.2 Å². The molecule has 0 bridgehead atoms. The predicted octanol–water partition coefficient (Wildman–Crippen LogP) is 6.06. The van der Waals surface area contributed by atoms with Crippen LogP contribution in [0.25, 0.3) is 10.8 Å². The Morgan fingerprint density at radius 1 is 1.06 bits per heavy atom. The summed E-state index contributed by atoms with van der Waals surface area (Å²) in [7, 11) is 0.